The van der Waals surface area contributed by atoms with Crippen molar-refractivity contribution in [2.24, 2.45) is 5.92 Å². The number of nitrogens with one attached hydrogen (secondary N) is 1. The summed E-state index contributed by atoms with van der Waals surface area (Å²) >= 11 is 6.00. The van der Waals surface area contributed by atoms with Gasteiger partial charge < -0.3 is 5.32 Å². The maximum absolute atomic E-state index is 6.00. The zero-order valence-electron chi connectivity index (χ0n) is 13.1. The van der Waals surface area contributed by atoms with Gasteiger partial charge in [-0.1, -0.05) is 23.7 Å². The number of hydrogen-bond acceptors (Lipinski definition) is 4. The standard InChI is InChI=1S/C19H17ClN4/c20-16-7-5-14(6-8-16)17-12-23-18(15-2-1-9-21-11-15)24-19(17)22-10-13-3-4-13/h1-2,5-9,11-13H,3-4,10H2,(H,22,23,24). The van der Waals surface area contributed by atoms with Gasteiger partial charge in [-0.25, -0.2) is 9.97 Å². The number of benzene rings is 1. The zero-order valence-corrected chi connectivity index (χ0v) is 13.9. The van der Waals surface area contributed by atoms with Gasteiger partial charge in [0.2, 0.25) is 0 Å². The molecule has 1 saturated carbocycles. The Bertz CT molecular complexity index is 830. The van der Waals surface area contributed by atoms with Crippen LogP contribution in [0.4, 0.5) is 5.82 Å². The van der Waals surface area contributed by atoms with Crippen molar-refractivity contribution >= 4 is 17.4 Å². The highest BCUT2D eigenvalue weighted by Gasteiger charge is 2.21. The highest BCUT2D eigenvalue weighted by atomic mass is 35.5. The molecule has 2 heterocycles. The highest BCUT2D eigenvalue weighted by molar-refractivity contribution is 6.30. The van der Waals surface area contributed by atoms with Crippen molar-refractivity contribution in [1.29, 1.82) is 0 Å². The first kappa shape index (κ1) is 15.1. The van der Waals surface area contributed by atoms with Crippen LogP contribution in [-0.2, 0) is 0 Å². The van der Waals surface area contributed by atoms with Gasteiger partial charge in [0.1, 0.15) is 5.82 Å². The summed E-state index contributed by atoms with van der Waals surface area (Å²) in [4.78, 5) is 13.4. The van der Waals surface area contributed by atoms with Crippen LogP contribution in [0, 0.1) is 5.92 Å². The minimum Gasteiger partial charge on any atom is -0.369 e. The second kappa shape index (κ2) is 6.57. The van der Waals surface area contributed by atoms with Gasteiger partial charge in [-0.05, 0) is 48.6 Å². The Morgan fingerprint density at radius 1 is 1.04 bits per heavy atom. The summed E-state index contributed by atoms with van der Waals surface area (Å²) < 4.78 is 0. The molecule has 0 aliphatic heterocycles. The van der Waals surface area contributed by atoms with Crippen LogP contribution in [0.5, 0.6) is 0 Å². The van der Waals surface area contributed by atoms with Crippen LogP contribution in [0.1, 0.15) is 12.8 Å². The summed E-state index contributed by atoms with van der Waals surface area (Å²) in [5.41, 5.74) is 2.95. The van der Waals surface area contributed by atoms with Gasteiger partial charge in [-0.3, -0.25) is 4.98 Å². The molecule has 0 atom stereocenters. The summed E-state index contributed by atoms with van der Waals surface area (Å²) in [5.74, 6) is 2.30. The van der Waals surface area contributed by atoms with E-state index in [0.29, 0.717) is 5.82 Å². The van der Waals surface area contributed by atoms with Crippen LogP contribution in [0.3, 0.4) is 0 Å². The third-order valence-corrected chi connectivity index (χ3v) is 4.37. The van der Waals surface area contributed by atoms with Crippen LogP contribution < -0.4 is 5.32 Å². The van der Waals surface area contributed by atoms with E-state index < -0.39 is 0 Å². The lowest BCUT2D eigenvalue weighted by molar-refractivity contribution is 0.882. The van der Waals surface area contributed by atoms with E-state index in [1.165, 1.54) is 12.8 Å². The molecule has 0 unspecified atom stereocenters. The van der Waals surface area contributed by atoms with Gasteiger partial charge in [-0.2, -0.15) is 0 Å². The normalized spacial score (nSPS) is 13.7. The van der Waals surface area contributed by atoms with Crippen molar-refractivity contribution in [2.45, 2.75) is 12.8 Å². The minimum absolute atomic E-state index is 0.680. The third-order valence-electron chi connectivity index (χ3n) is 4.12. The summed E-state index contributed by atoms with van der Waals surface area (Å²) in [7, 11) is 0. The summed E-state index contributed by atoms with van der Waals surface area (Å²) in [6, 6.07) is 11.6. The lowest BCUT2D eigenvalue weighted by atomic mass is 10.1. The van der Waals surface area contributed by atoms with E-state index in [1.54, 1.807) is 12.4 Å². The number of anilines is 1. The summed E-state index contributed by atoms with van der Waals surface area (Å²) in [5, 5.41) is 4.22. The van der Waals surface area contributed by atoms with Crippen LogP contribution in [0.2, 0.25) is 5.02 Å². The molecule has 1 fully saturated rings. The Balaban J connectivity index is 1.72. The van der Waals surface area contributed by atoms with Gasteiger partial charge in [0.15, 0.2) is 5.82 Å². The Morgan fingerprint density at radius 2 is 1.88 bits per heavy atom. The smallest absolute Gasteiger partial charge is 0.163 e. The predicted octanol–water partition coefficient (Wildman–Crippen LogP) is 4.68. The molecule has 0 spiro atoms. The first-order valence-electron chi connectivity index (χ1n) is 8.07. The van der Waals surface area contributed by atoms with Gasteiger partial charge in [0, 0.05) is 41.3 Å². The van der Waals surface area contributed by atoms with Crippen LogP contribution in [0.15, 0.2) is 55.0 Å². The monoisotopic (exact) mass is 336 g/mol. The minimum atomic E-state index is 0.680. The molecule has 2 aromatic heterocycles. The molecule has 4 nitrogen and oxygen atoms in total. The molecular formula is C19H17ClN4. The fraction of sp³-hybridized carbons (Fsp3) is 0.211. The largest absolute Gasteiger partial charge is 0.369 e. The van der Waals surface area contributed by atoms with E-state index in [9.17, 15) is 0 Å². The Kier molecular flexibility index (Phi) is 4.13. The fourth-order valence-corrected chi connectivity index (χ4v) is 2.68. The molecule has 1 aliphatic carbocycles. The lowest BCUT2D eigenvalue weighted by Gasteiger charge is -2.12. The number of halogens is 1. The number of pyridine rings is 1. The second-order valence-corrected chi connectivity index (χ2v) is 6.47. The number of rotatable bonds is 5. The van der Waals surface area contributed by atoms with Crippen molar-refractivity contribution in [3.63, 3.8) is 0 Å². The number of nitrogens with zero attached hydrogens (tertiary/aromatic N) is 3. The van der Waals surface area contributed by atoms with Gasteiger partial charge >= 0.3 is 0 Å². The number of hydrogen-bond donors (Lipinski definition) is 1. The molecule has 0 bridgehead atoms. The van der Waals surface area contributed by atoms with E-state index in [0.717, 1.165) is 40.0 Å². The van der Waals surface area contributed by atoms with Crippen LogP contribution in [-0.4, -0.2) is 21.5 Å². The Hall–Kier alpha value is -2.46. The van der Waals surface area contributed by atoms with Crippen molar-refractivity contribution in [1.82, 2.24) is 15.0 Å². The molecular weight excluding hydrogens is 320 g/mol. The van der Waals surface area contributed by atoms with E-state index in [4.69, 9.17) is 16.6 Å². The fourth-order valence-electron chi connectivity index (χ4n) is 2.55. The molecule has 0 radical (unpaired) electrons. The van der Waals surface area contributed by atoms with E-state index in [-0.39, 0.29) is 0 Å². The molecule has 0 amide bonds. The predicted molar refractivity (Wildman–Crippen MR) is 96.9 cm³/mol. The SMILES string of the molecule is Clc1ccc(-c2cnc(-c3cccnc3)nc2NCC2CC2)cc1. The van der Waals surface area contributed by atoms with E-state index in [1.807, 2.05) is 42.6 Å². The van der Waals surface area contributed by atoms with Crippen LogP contribution in [0.25, 0.3) is 22.5 Å². The maximum atomic E-state index is 6.00. The van der Waals surface area contributed by atoms with E-state index >= 15 is 0 Å². The van der Waals surface area contributed by atoms with Crippen LogP contribution >= 0.6 is 11.6 Å². The molecule has 3 aromatic rings. The zero-order chi connectivity index (χ0) is 16.4. The lowest BCUT2D eigenvalue weighted by Crippen LogP contribution is -2.08. The number of aromatic nitrogens is 3. The molecule has 1 aromatic carbocycles. The summed E-state index contributed by atoms with van der Waals surface area (Å²) in [6.07, 6.45) is 7.99. The van der Waals surface area contributed by atoms with Crippen molar-refractivity contribution in [3.8, 4) is 22.5 Å². The average molecular weight is 337 g/mol. The Labute approximate surface area is 146 Å². The van der Waals surface area contributed by atoms with Gasteiger partial charge in [-0.15, -0.1) is 0 Å². The topological polar surface area (TPSA) is 50.7 Å². The van der Waals surface area contributed by atoms with Crippen molar-refractivity contribution in [3.05, 3.63) is 60.0 Å². The van der Waals surface area contributed by atoms with Gasteiger partial charge in [0.05, 0.1) is 0 Å². The maximum Gasteiger partial charge on any atom is 0.163 e. The first-order valence-corrected chi connectivity index (χ1v) is 8.44. The molecule has 1 N–H and O–H groups in total. The molecule has 5 heteroatoms. The molecule has 4 rings (SSSR count). The first-order chi connectivity index (χ1) is 11.8. The molecule has 24 heavy (non-hydrogen) atoms. The van der Waals surface area contributed by atoms with Crippen molar-refractivity contribution in [2.75, 3.05) is 11.9 Å². The van der Waals surface area contributed by atoms with E-state index in [2.05, 4.69) is 15.3 Å². The Morgan fingerprint density at radius 3 is 2.58 bits per heavy atom. The van der Waals surface area contributed by atoms with Gasteiger partial charge in [0.25, 0.3) is 0 Å². The molecule has 1 aliphatic rings. The second-order valence-electron chi connectivity index (χ2n) is 6.03. The highest BCUT2D eigenvalue weighted by Crippen LogP contribution is 2.32. The molecule has 120 valence electrons. The summed E-state index contributed by atoms with van der Waals surface area (Å²) in [6.45, 7) is 0.948. The quantitative estimate of drug-likeness (QED) is 0.735. The van der Waals surface area contributed by atoms with Crippen molar-refractivity contribution < 1.29 is 0 Å². The average Bonchev–Trinajstić information content (AvgIpc) is 3.46. The third kappa shape index (κ3) is 3.39. The molecule has 0 saturated heterocycles.